The molecule has 0 aliphatic carbocycles. The molecule has 0 aromatic heterocycles. The molecule has 1 fully saturated rings. The van der Waals surface area contributed by atoms with Gasteiger partial charge in [-0.05, 0) is 44.4 Å². The zero-order valence-electron chi connectivity index (χ0n) is 13.5. The molecule has 0 saturated carbocycles. The lowest BCUT2D eigenvalue weighted by Gasteiger charge is -2.44. The predicted molar refractivity (Wildman–Crippen MR) is 85.8 cm³/mol. The third kappa shape index (κ3) is 4.19. The van der Waals surface area contributed by atoms with Gasteiger partial charge in [-0.1, -0.05) is 12.1 Å². The molecule has 118 valence electrons. The standard InChI is InChI=1S/C17H28N2O2/c1-17(2,19-10-12-21-13-11-19)16(18)9-6-14-4-7-15(20-3)8-5-14/h4-5,7-8,16H,6,9-13,18H2,1-3H3. The first-order chi connectivity index (χ1) is 10.0. The Kier molecular flexibility index (Phi) is 5.62. The molecule has 2 rings (SSSR count). The highest BCUT2D eigenvalue weighted by atomic mass is 16.5. The molecule has 0 amide bonds. The van der Waals surface area contributed by atoms with E-state index in [9.17, 15) is 0 Å². The zero-order chi connectivity index (χ0) is 15.3. The minimum absolute atomic E-state index is 0.0102. The lowest BCUT2D eigenvalue weighted by molar-refractivity contribution is -0.0194. The van der Waals surface area contributed by atoms with Crippen molar-refractivity contribution < 1.29 is 9.47 Å². The first kappa shape index (κ1) is 16.3. The average molecular weight is 292 g/mol. The summed E-state index contributed by atoms with van der Waals surface area (Å²) in [7, 11) is 1.69. The number of benzene rings is 1. The van der Waals surface area contributed by atoms with E-state index >= 15 is 0 Å². The first-order valence-corrected chi connectivity index (χ1v) is 7.75. The highest BCUT2D eigenvalue weighted by Gasteiger charge is 2.33. The van der Waals surface area contributed by atoms with Crippen LogP contribution in [-0.2, 0) is 11.2 Å². The molecular weight excluding hydrogens is 264 g/mol. The molecule has 1 aromatic rings. The summed E-state index contributed by atoms with van der Waals surface area (Å²) in [6, 6.07) is 8.40. The van der Waals surface area contributed by atoms with E-state index in [2.05, 4.69) is 30.9 Å². The van der Waals surface area contributed by atoms with Gasteiger partial charge in [0.15, 0.2) is 0 Å². The van der Waals surface area contributed by atoms with Gasteiger partial charge in [-0.2, -0.15) is 0 Å². The van der Waals surface area contributed by atoms with Crippen molar-refractivity contribution in [2.24, 2.45) is 5.73 Å². The topological polar surface area (TPSA) is 47.7 Å². The Labute approximate surface area is 128 Å². The molecule has 0 radical (unpaired) electrons. The Morgan fingerprint density at radius 3 is 2.43 bits per heavy atom. The minimum atomic E-state index is 0.0102. The van der Waals surface area contributed by atoms with Crippen LogP contribution in [0.1, 0.15) is 25.8 Å². The van der Waals surface area contributed by atoms with Crippen LogP contribution in [0, 0.1) is 0 Å². The molecular formula is C17H28N2O2. The van der Waals surface area contributed by atoms with Crippen molar-refractivity contribution in [3.05, 3.63) is 29.8 Å². The lowest BCUT2D eigenvalue weighted by Crippen LogP contribution is -2.59. The molecule has 1 aliphatic rings. The molecule has 1 aliphatic heterocycles. The Balaban J connectivity index is 1.88. The van der Waals surface area contributed by atoms with Crippen LogP contribution >= 0.6 is 0 Å². The fraction of sp³-hybridized carbons (Fsp3) is 0.647. The summed E-state index contributed by atoms with van der Waals surface area (Å²) < 4.78 is 10.6. The maximum Gasteiger partial charge on any atom is 0.118 e. The van der Waals surface area contributed by atoms with E-state index < -0.39 is 0 Å². The van der Waals surface area contributed by atoms with Gasteiger partial charge < -0.3 is 15.2 Å². The largest absolute Gasteiger partial charge is 0.497 e. The van der Waals surface area contributed by atoms with E-state index in [1.54, 1.807) is 7.11 Å². The lowest BCUT2D eigenvalue weighted by atomic mass is 9.88. The summed E-state index contributed by atoms with van der Waals surface area (Å²) >= 11 is 0. The molecule has 0 spiro atoms. The molecule has 1 heterocycles. The Bertz CT molecular complexity index is 425. The summed E-state index contributed by atoms with van der Waals surface area (Å²) in [5.41, 5.74) is 7.80. The monoisotopic (exact) mass is 292 g/mol. The van der Waals surface area contributed by atoms with E-state index in [0.29, 0.717) is 0 Å². The molecule has 21 heavy (non-hydrogen) atoms. The summed E-state index contributed by atoms with van der Waals surface area (Å²) in [6.45, 7) is 8.07. The van der Waals surface area contributed by atoms with Gasteiger partial charge in [0.1, 0.15) is 5.75 Å². The van der Waals surface area contributed by atoms with Crippen LogP contribution in [0.3, 0.4) is 0 Å². The third-order valence-corrected chi connectivity index (χ3v) is 4.64. The Hall–Kier alpha value is -1.10. The molecule has 4 nitrogen and oxygen atoms in total. The number of hydrogen-bond donors (Lipinski definition) is 1. The molecule has 1 saturated heterocycles. The Morgan fingerprint density at radius 1 is 1.24 bits per heavy atom. The van der Waals surface area contributed by atoms with Crippen LogP contribution in [0.25, 0.3) is 0 Å². The zero-order valence-corrected chi connectivity index (χ0v) is 13.5. The predicted octanol–water partition coefficient (Wildman–Crippen LogP) is 2.07. The quantitative estimate of drug-likeness (QED) is 0.872. The number of morpholine rings is 1. The summed E-state index contributed by atoms with van der Waals surface area (Å²) in [4.78, 5) is 2.45. The number of hydrogen-bond acceptors (Lipinski definition) is 4. The first-order valence-electron chi connectivity index (χ1n) is 7.75. The minimum Gasteiger partial charge on any atom is -0.497 e. The van der Waals surface area contributed by atoms with E-state index in [4.69, 9.17) is 15.2 Å². The summed E-state index contributed by atoms with van der Waals surface area (Å²) in [5.74, 6) is 0.900. The second-order valence-electron chi connectivity index (χ2n) is 6.25. The van der Waals surface area contributed by atoms with Gasteiger partial charge in [-0.25, -0.2) is 0 Å². The van der Waals surface area contributed by atoms with Crippen molar-refractivity contribution in [3.8, 4) is 5.75 Å². The van der Waals surface area contributed by atoms with Crippen LogP contribution in [0.15, 0.2) is 24.3 Å². The molecule has 1 atom stereocenters. The average Bonchev–Trinajstić information content (AvgIpc) is 2.53. The smallest absolute Gasteiger partial charge is 0.118 e. The number of methoxy groups -OCH3 is 1. The fourth-order valence-electron chi connectivity index (χ4n) is 2.84. The second-order valence-corrected chi connectivity index (χ2v) is 6.25. The van der Waals surface area contributed by atoms with Crippen LogP contribution in [-0.4, -0.2) is 49.9 Å². The molecule has 0 bridgehead atoms. The van der Waals surface area contributed by atoms with Crippen LogP contribution in [0.2, 0.25) is 0 Å². The van der Waals surface area contributed by atoms with Crippen molar-refractivity contribution in [1.29, 1.82) is 0 Å². The second kappa shape index (κ2) is 7.25. The van der Waals surface area contributed by atoms with Gasteiger partial charge in [0, 0.05) is 24.7 Å². The van der Waals surface area contributed by atoms with Crippen molar-refractivity contribution in [2.45, 2.75) is 38.3 Å². The SMILES string of the molecule is COc1ccc(CCC(N)C(C)(C)N2CCOCC2)cc1. The van der Waals surface area contributed by atoms with Gasteiger partial charge in [0.25, 0.3) is 0 Å². The fourth-order valence-corrected chi connectivity index (χ4v) is 2.84. The highest BCUT2D eigenvalue weighted by Crippen LogP contribution is 2.23. The molecule has 1 unspecified atom stereocenters. The van der Waals surface area contributed by atoms with Crippen LogP contribution in [0.4, 0.5) is 0 Å². The van der Waals surface area contributed by atoms with Crippen molar-refractivity contribution in [3.63, 3.8) is 0 Å². The van der Waals surface area contributed by atoms with Gasteiger partial charge in [0.05, 0.1) is 20.3 Å². The number of nitrogens with two attached hydrogens (primary N) is 1. The number of aryl methyl sites for hydroxylation is 1. The van der Waals surface area contributed by atoms with Crippen molar-refractivity contribution in [1.82, 2.24) is 4.90 Å². The van der Waals surface area contributed by atoms with Gasteiger partial charge in [-0.3, -0.25) is 4.90 Å². The van der Waals surface area contributed by atoms with Gasteiger partial charge in [-0.15, -0.1) is 0 Å². The maximum atomic E-state index is 6.48. The van der Waals surface area contributed by atoms with E-state index in [1.807, 2.05) is 12.1 Å². The van der Waals surface area contributed by atoms with E-state index in [1.165, 1.54) is 5.56 Å². The van der Waals surface area contributed by atoms with E-state index in [0.717, 1.165) is 44.9 Å². The maximum absolute atomic E-state index is 6.48. The Morgan fingerprint density at radius 2 is 1.86 bits per heavy atom. The summed E-state index contributed by atoms with van der Waals surface area (Å²) in [6.07, 6.45) is 1.98. The van der Waals surface area contributed by atoms with E-state index in [-0.39, 0.29) is 11.6 Å². The summed E-state index contributed by atoms with van der Waals surface area (Å²) in [5, 5.41) is 0. The highest BCUT2D eigenvalue weighted by molar-refractivity contribution is 5.27. The number of ether oxygens (including phenoxy) is 2. The number of nitrogens with zero attached hydrogens (tertiary/aromatic N) is 1. The van der Waals surface area contributed by atoms with Crippen LogP contribution < -0.4 is 10.5 Å². The number of rotatable bonds is 6. The van der Waals surface area contributed by atoms with Crippen molar-refractivity contribution >= 4 is 0 Å². The van der Waals surface area contributed by atoms with Crippen molar-refractivity contribution in [2.75, 3.05) is 33.4 Å². The third-order valence-electron chi connectivity index (χ3n) is 4.64. The van der Waals surface area contributed by atoms with Gasteiger partial charge in [0.2, 0.25) is 0 Å². The van der Waals surface area contributed by atoms with Crippen LogP contribution in [0.5, 0.6) is 5.75 Å². The van der Waals surface area contributed by atoms with Gasteiger partial charge >= 0.3 is 0 Å². The normalized spacial score (nSPS) is 18.5. The molecule has 1 aromatic carbocycles. The molecule has 2 N–H and O–H groups in total. The molecule has 4 heteroatoms.